The van der Waals surface area contributed by atoms with E-state index < -0.39 is 11.6 Å². The molecule has 0 aliphatic heterocycles. The highest BCUT2D eigenvalue weighted by Crippen LogP contribution is 2.22. The molecule has 0 spiro atoms. The second kappa shape index (κ2) is 6.16. The minimum Gasteiger partial charge on any atom is -0.346 e. The minimum atomic E-state index is -0.544. The van der Waals surface area contributed by atoms with E-state index in [4.69, 9.17) is 5.73 Å². The monoisotopic (exact) mass is 310 g/mol. The molecule has 0 radical (unpaired) electrons. The second-order valence-electron chi connectivity index (χ2n) is 4.75. The Bertz CT molecular complexity index is 426. The fourth-order valence-corrected chi connectivity index (χ4v) is 1.89. The van der Waals surface area contributed by atoms with E-state index in [1.807, 2.05) is 38.1 Å². The van der Waals surface area contributed by atoms with Crippen LogP contribution in [-0.2, 0) is 10.3 Å². The number of carbonyl (C=O) groups excluding carboxylic acids is 1. The molecule has 18 heavy (non-hydrogen) atoms. The van der Waals surface area contributed by atoms with Gasteiger partial charge >= 0.3 is 0 Å². The van der Waals surface area contributed by atoms with E-state index in [1.54, 1.807) is 6.08 Å². The number of nitrogens with one attached hydrogen (secondary N) is 1. The molecule has 0 saturated heterocycles. The largest absolute Gasteiger partial charge is 0.346 e. The van der Waals surface area contributed by atoms with E-state index in [0.717, 1.165) is 10.0 Å². The normalized spacial score (nSPS) is 12.9. The fraction of sp³-hybridized carbons (Fsp3) is 0.357. The van der Waals surface area contributed by atoms with Crippen LogP contribution in [0.3, 0.4) is 0 Å². The highest BCUT2D eigenvalue weighted by Gasteiger charge is 2.24. The van der Waals surface area contributed by atoms with Crippen LogP contribution in [0.4, 0.5) is 0 Å². The first-order valence-corrected chi connectivity index (χ1v) is 6.60. The van der Waals surface area contributed by atoms with Gasteiger partial charge in [0, 0.05) is 4.47 Å². The summed E-state index contributed by atoms with van der Waals surface area (Å²) >= 11 is 3.39. The van der Waals surface area contributed by atoms with Crippen molar-refractivity contribution in [2.45, 2.75) is 31.8 Å². The molecule has 1 aromatic rings. The number of amides is 1. The van der Waals surface area contributed by atoms with Crippen LogP contribution in [0.2, 0.25) is 0 Å². The molecule has 1 rings (SSSR count). The van der Waals surface area contributed by atoms with Gasteiger partial charge in [-0.25, -0.2) is 0 Å². The molecule has 3 nitrogen and oxygen atoms in total. The molecule has 0 bridgehead atoms. The summed E-state index contributed by atoms with van der Waals surface area (Å²) in [4.78, 5) is 11.9. The Labute approximate surface area is 117 Å². The quantitative estimate of drug-likeness (QED) is 0.822. The third-order valence-corrected chi connectivity index (χ3v) is 3.29. The lowest BCUT2D eigenvalue weighted by molar-refractivity contribution is -0.124. The molecule has 1 aromatic carbocycles. The zero-order chi connectivity index (χ0) is 13.8. The lowest BCUT2D eigenvalue weighted by Gasteiger charge is -2.28. The zero-order valence-corrected chi connectivity index (χ0v) is 12.3. The maximum absolute atomic E-state index is 11.9. The van der Waals surface area contributed by atoms with Gasteiger partial charge in [0.05, 0.1) is 11.6 Å². The maximum atomic E-state index is 11.9. The van der Waals surface area contributed by atoms with Gasteiger partial charge in [0.15, 0.2) is 0 Å². The van der Waals surface area contributed by atoms with Crippen molar-refractivity contribution in [1.82, 2.24) is 5.32 Å². The predicted octanol–water partition coefficient (Wildman–Crippen LogP) is 2.70. The highest BCUT2D eigenvalue weighted by atomic mass is 79.9. The van der Waals surface area contributed by atoms with Gasteiger partial charge in [0.1, 0.15) is 0 Å². The molecule has 4 heteroatoms. The Kier molecular flexibility index (Phi) is 5.11. The first kappa shape index (κ1) is 14.9. The molecule has 0 saturated carbocycles. The van der Waals surface area contributed by atoms with Crippen molar-refractivity contribution in [2.75, 3.05) is 0 Å². The van der Waals surface area contributed by atoms with Gasteiger partial charge < -0.3 is 11.1 Å². The van der Waals surface area contributed by atoms with Gasteiger partial charge in [-0.15, -0.1) is 6.58 Å². The van der Waals surface area contributed by atoms with Crippen LogP contribution >= 0.6 is 15.9 Å². The zero-order valence-electron chi connectivity index (χ0n) is 10.7. The summed E-state index contributed by atoms with van der Waals surface area (Å²) in [5, 5.41) is 2.95. The first-order chi connectivity index (χ1) is 8.36. The molecule has 0 fully saturated rings. The molecule has 1 unspecified atom stereocenters. The van der Waals surface area contributed by atoms with Gasteiger partial charge in [0.2, 0.25) is 5.91 Å². The summed E-state index contributed by atoms with van der Waals surface area (Å²) in [6, 6.07) is 7.31. The topological polar surface area (TPSA) is 55.1 Å². The minimum absolute atomic E-state index is 0.164. The molecule has 0 aliphatic carbocycles. The van der Waals surface area contributed by atoms with Gasteiger partial charge in [-0.3, -0.25) is 4.79 Å². The average molecular weight is 311 g/mol. The number of rotatable bonds is 5. The SMILES string of the molecule is C=CCC(N)C(=O)NC(C)(C)c1ccc(Br)cc1. The summed E-state index contributed by atoms with van der Waals surface area (Å²) in [5.41, 5.74) is 6.33. The number of halogens is 1. The second-order valence-corrected chi connectivity index (χ2v) is 5.67. The van der Waals surface area contributed by atoms with Crippen LogP contribution in [-0.4, -0.2) is 11.9 Å². The van der Waals surface area contributed by atoms with E-state index in [-0.39, 0.29) is 5.91 Å². The van der Waals surface area contributed by atoms with Crippen molar-refractivity contribution in [3.05, 3.63) is 47.0 Å². The van der Waals surface area contributed by atoms with E-state index in [1.165, 1.54) is 0 Å². The fourth-order valence-electron chi connectivity index (χ4n) is 1.63. The van der Waals surface area contributed by atoms with Crippen molar-refractivity contribution < 1.29 is 4.79 Å². The van der Waals surface area contributed by atoms with Crippen LogP contribution in [0, 0.1) is 0 Å². The van der Waals surface area contributed by atoms with Crippen molar-refractivity contribution in [3.8, 4) is 0 Å². The predicted molar refractivity (Wildman–Crippen MR) is 78.1 cm³/mol. The molecule has 0 heterocycles. The van der Waals surface area contributed by atoms with Crippen LogP contribution in [0.5, 0.6) is 0 Å². The molecule has 0 aromatic heterocycles. The number of carbonyl (C=O) groups is 1. The molecular formula is C14H19BrN2O. The van der Waals surface area contributed by atoms with Crippen LogP contribution < -0.4 is 11.1 Å². The van der Waals surface area contributed by atoms with E-state index >= 15 is 0 Å². The summed E-state index contributed by atoms with van der Waals surface area (Å²) in [6.07, 6.45) is 2.12. The third-order valence-electron chi connectivity index (χ3n) is 2.76. The number of benzene rings is 1. The number of nitrogens with two attached hydrogens (primary N) is 1. The molecular weight excluding hydrogens is 292 g/mol. The maximum Gasteiger partial charge on any atom is 0.237 e. The Balaban J connectivity index is 2.78. The van der Waals surface area contributed by atoms with Gasteiger partial charge in [0.25, 0.3) is 0 Å². The molecule has 98 valence electrons. The molecule has 1 atom stereocenters. The van der Waals surface area contributed by atoms with Crippen LogP contribution in [0.15, 0.2) is 41.4 Å². The molecule has 1 amide bonds. The Morgan fingerprint density at radius 1 is 1.50 bits per heavy atom. The summed E-state index contributed by atoms with van der Waals surface area (Å²) in [5.74, 6) is -0.164. The van der Waals surface area contributed by atoms with Crippen molar-refractivity contribution in [1.29, 1.82) is 0 Å². The van der Waals surface area contributed by atoms with Crippen molar-refractivity contribution >= 4 is 21.8 Å². The Hall–Kier alpha value is -1.13. The Morgan fingerprint density at radius 3 is 2.56 bits per heavy atom. The number of hydrogen-bond donors (Lipinski definition) is 2. The standard InChI is InChI=1S/C14H19BrN2O/c1-4-5-12(16)13(18)17-14(2,3)10-6-8-11(15)9-7-10/h4,6-9,12H,1,5,16H2,2-3H3,(H,17,18). The van der Waals surface area contributed by atoms with Gasteiger partial charge in [-0.2, -0.15) is 0 Å². The van der Waals surface area contributed by atoms with Crippen LogP contribution in [0.1, 0.15) is 25.8 Å². The van der Waals surface area contributed by atoms with Crippen molar-refractivity contribution in [2.24, 2.45) is 5.73 Å². The summed E-state index contributed by atoms with van der Waals surface area (Å²) in [7, 11) is 0. The van der Waals surface area contributed by atoms with E-state index in [9.17, 15) is 4.79 Å². The summed E-state index contributed by atoms with van der Waals surface area (Å²) < 4.78 is 1.01. The first-order valence-electron chi connectivity index (χ1n) is 5.81. The van der Waals surface area contributed by atoms with Gasteiger partial charge in [-0.1, -0.05) is 34.1 Å². The highest BCUT2D eigenvalue weighted by molar-refractivity contribution is 9.10. The molecule has 0 aliphatic rings. The smallest absolute Gasteiger partial charge is 0.237 e. The summed E-state index contributed by atoms with van der Waals surface area (Å²) in [6.45, 7) is 7.49. The average Bonchev–Trinajstić information content (AvgIpc) is 2.29. The van der Waals surface area contributed by atoms with E-state index in [0.29, 0.717) is 6.42 Å². The lowest BCUT2D eigenvalue weighted by Crippen LogP contribution is -2.48. The van der Waals surface area contributed by atoms with Crippen molar-refractivity contribution in [3.63, 3.8) is 0 Å². The molecule has 3 N–H and O–H groups in total. The number of hydrogen-bond acceptors (Lipinski definition) is 2. The Morgan fingerprint density at radius 2 is 2.06 bits per heavy atom. The third kappa shape index (κ3) is 3.96. The lowest BCUT2D eigenvalue weighted by atomic mass is 9.94. The van der Waals surface area contributed by atoms with E-state index in [2.05, 4.69) is 27.8 Å². The van der Waals surface area contributed by atoms with Crippen LogP contribution in [0.25, 0.3) is 0 Å². The van der Waals surface area contributed by atoms with Gasteiger partial charge in [-0.05, 0) is 38.0 Å².